The van der Waals surface area contributed by atoms with E-state index in [1.807, 2.05) is 13.0 Å². The van der Waals surface area contributed by atoms with E-state index in [0.29, 0.717) is 30.3 Å². The molecule has 0 aromatic carbocycles. The third-order valence-corrected chi connectivity index (χ3v) is 4.60. The van der Waals surface area contributed by atoms with Crippen molar-refractivity contribution in [3.8, 4) is 0 Å². The van der Waals surface area contributed by atoms with Gasteiger partial charge in [0, 0.05) is 56.9 Å². The van der Waals surface area contributed by atoms with Crippen LogP contribution in [0.4, 0.5) is 11.8 Å². The summed E-state index contributed by atoms with van der Waals surface area (Å²) >= 11 is 0. The highest BCUT2D eigenvalue weighted by atomic mass is 16.5. The van der Waals surface area contributed by atoms with Gasteiger partial charge in [-0.15, -0.1) is 0 Å². The molecule has 8 heteroatoms. The molecule has 2 aliphatic heterocycles. The van der Waals surface area contributed by atoms with Crippen LogP contribution in [0.3, 0.4) is 0 Å². The number of nitrogens with zero attached hydrogens (tertiary/aromatic N) is 6. The number of anilines is 2. The van der Waals surface area contributed by atoms with Crippen molar-refractivity contribution in [3.63, 3.8) is 0 Å². The van der Waals surface area contributed by atoms with Gasteiger partial charge in [-0.3, -0.25) is 0 Å². The lowest BCUT2D eigenvalue weighted by Gasteiger charge is -2.21. The molecule has 122 valence electrons. The smallest absolute Gasteiger partial charge is 0.324 e. The van der Waals surface area contributed by atoms with Crippen LogP contribution in [0.15, 0.2) is 16.9 Å². The van der Waals surface area contributed by atoms with Crippen molar-refractivity contribution in [3.05, 3.63) is 23.9 Å². The quantitative estimate of drug-likeness (QED) is 0.822. The molecule has 0 amide bonds. The van der Waals surface area contributed by atoms with Gasteiger partial charge < -0.3 is 19.1 Å². The van der Waals surface area contributed by atoms with Crippen molar-refractivity contribution < 1.29 is 9.26 Å². The fourth-order valence-electron chi connectivity index (χ4n) is 3.51. The second-order valence-corrected chi connectivity index (χ2v) is 6.27. The summed E-state index contributed by atoms with van der Waals surface area (Å²) < 4.78 is 10.4. The van der Waals surface area contributed by atoms with E-state index in [2.05, 4.69) is 29.9 Å². The number of rotatable bonds is 4. The lowest BCUT2D eigenvalue weighted by Crippen LogP contribution is -2.29. The van der Waals surface area contributed by atoms with Gasteiger partial charge >= 0.3 is 6.01 Å². The van der Waals surface area contributed by atoms with E-state index in [-0.39, 0.29) is 0 Å². The van der Waals surface area contributed by atoms with Gasteiger partial charge in [-0.25, -0.2) is 9.97 Å². The number of fused-ring (bicyclic) bond motifs is 1. The topological polar surface area (TPSA) is 80.4 Å². The molecule has 8 nitrogen and oxygen atoms in total. The van der Waals surface area contributed by atoms with Crippen LogP contribution in [0.25, 0.3) is 0 Å². The summed E-state index contributed by atoms with van der Waals surface area (Å²) in [6.45, 7) is 6.29. The van der Waals surface area contributed by atoms with Crippen LogP contribution in [-0.4, -0.2) is 53.4 Å². The number of aromatic nitrogens is 4. The van der Waals surface area contributed by atoms with Crippen LogP contribution < -0.4 is 9.80 Å². The number of hydrogen-bond acceptors (Lipinski definition) is 8. The van der Waals surface area contributed by atoms with Gasteiger partial charge in [0.15, 0.2) is 5.82 Å². The summed E-state index contributed by atoms with van der Waals surface area (Å²) in [5.74, 6) is 2.82. The summed E-state index contributed by atoms with van der Waals surface area (Å²) in [5, 5.41) is 3.94. The average Bonchev–Trinajstić information content (AvgIpc) is 3.20. The molecule has 0 saturated carbocycles. The molecule has 23 heavy (non-hydrogen) atoms. The van der Waals surface area contributed by atoms with Gasteiger partial charge in [0.25, 0.3) is 0 Å². The summed E-state index contributed by atoms with van der Waals surface area (Å²) in [6.07, 6.45) is 1.64. The first-order valence-electron chi connectivity index (χ1n) is 7.83. The predicted octanol–water partition coefficient (Wildman–Crippen LogP) is 0.887. The zero-order valence-corrected chi connectivity index (χ0v) is 13.3. The highest BCUT2D eigenvalue weighted by Crippen LogP contribution is 2.35. The molecule has 2 fully saturated rings. The molecule has 0 bridgehead atoms. The van der Waals surface area contributed by atoms with E-state index >= 15 is 0 Å². The van der Waals surface area contributed by atoms with Crippen LogP contribution in [-0.2, 0) is 11.3 Å². The standard InChI is InChI=1S/C15H20N6O2/c1-10-3-14(17-9-16-10)20-4-11-6-21(7-12(11)5-20)15-18-13(8-22-2)19-23-15/h3,9,11-12H,4-8H2,1-2H3. The highest BCUT2D eigenvalue weighted by molar-refractivity contribution is 5.42. The maximum Gasteiger partial charge on any atom is 0.324 e. The van der Waals surface area contributed by atoms with Gasteiger partial charge in [0.2, 0.25) is 0 Å². The normalized spacial score (nSPS) is 23.6. The predicted molar refractivity (Wildman–Crippen MR) is 83.2 cm³/mol. The van der Waals surface area contributed by atoms with E-state index in [1.165, 1.54) is 0 Å². The first-order chi connectivity index (χ1) is 11.2. The second kappa shape index (κ2) is 5.77. The molecule has 2 atom stereocenters. The van der Waals surface area contributed by atoms with Crippen molar-refractivity contribution in [2.75, 3.05) is 43.1 Å². The van der Waals surface area contributed by atoms with E-state index in [9.17, 15) is 0 Å². The molecule has 4 heterocycles. The summed E-state index contributed by atoms with van der Waals surface area (Å²) in [6, 6.07) is 2.66. The molecule has 2 aromatic rings. The molecular formula is C15H20N6O2. The molecule has 2 unspecified atom stereocenters. The lowest BCUT2D eigenvalue weighted by atomic mass is 10.0. The summed E-state index contributed by atoms with van der Waals surface area (Å²) in [7, 11) is 1.62. The maximum atomic E-state index is 5.34. The van der Waals surface area contributed by atoms with Crippen LogP contribution in [0.2, 0.25) is 0 Å². The van der Waals surface area contributed by atoms with Crippen LogP contribution in [0, 0.1) is 18.8 Å². The Morgan fingerprint density at radius 3 is 2.61 bits per heavy atom. The van der Waals surface area contributed by atoms with E-state index < -0.39 is 0 Å². The Hall–Kier alpha value is -2.22. The minimum atomic E-state index is 0.380. The Bertz CT molecular complexity index is 676. The number of ether oxygens (including phenoxy) is 1. The summed E-state index contributed by atoms with van der Waals surface area (Å²) in [5.41, 5.74) is 1.00. The molecule has 2 aromatic heterocycles. The Morgan fingerprint density at radius 2 is 1.91 bits per heavy atom. The number of aryl methyl sites for hydroxylation is 1. The fraction of sp³-hybridized carbons (Fsp3) is 0.600. The Kier molecular flexibility index (Phi) is 3.60. The molecule has 4 rings (SSSR count). The fourth-order valence-corrected chi connectivity index (χ4v) is 3.51. The van der Waals surface area contributed by atoms with Crippen molar-refractivity contribution >= 4 is 11.8 Å². The number of methoxy groups -OCH3 is 1. The monoisotopic (exact) mass is 316 g/mol. The van der Waals surface area contributed by atoms with E-state index in [4.69, 9.17) is 9.26 Å². The first kappa shape index (κ1) is 14.4. The molecule has 0 spiro atoms. The lowest BCUT2D eigenvalue weighted by molar-refractivity contribution is 0.174. The molecule has 2 saturated heterocycles. The number of hydrogen-bond donors (Lipinski definition) is 0. The third-order valence-electron chi connectivity index (χ3n) is 4.60. The Balaban J connectivity index is 1.41. The Labute approximate surface area is 134 Å². The van der Waals surface area contributed by atoms with Gasteiger partial charge in [-0.1, -0.05) is 5.16 Å². The SMILES string of the molecule is COCc1noc(N2CC3CN(c4cc(C)ncn4)CC3C2)n1. The maximum absolute atomic E-state index is 5.34. The van der Waals surface area contributed by atoms with Gasteiger partial charge in [0.1, 0.15) is 18.8 Å². The van der Waals surface area contributed by atoms with Crippen molar-refractivity contribution in [2.45, 2.75) is 13.5 Å². The molecule has 0 N–H and O–H groups in total. The zero-order valence-electron chi connectivity index (χ0n) is 13.3. The molecular weight excluding hydrogens is 296 g/mol. The minimum Gasteiger partial charge on any atom is -0.377 e. The first-order valence-corrected chi connectivity index (χ1v) is 7.83. The minimum absolute atomic E-state index is 0.380. The van der Waals surface area contributed by atoms with Gasteiger partial charge in [0.05, 0.1) is 0 Å². The van der Waals surface area contributed by atoms with Crippen LogP contribution in [0.5, 0.6) is 0 Å². The zero-order chi connectivity index (χ0) is 15.8. The van der Waals surface area contributed by atoms with Gasteiger partial charge in [-0.05, 0) is 6.92 Å². The highest BCUT2D eigenvalue weighted by Gasteiger charge is 2.42. The third kappa shape index (κ3) is 2.74. The Morgan fingerprint density at radius 1 is 1.17 bits per heavy atom. The molecule has 2 aliphatic rings. The average molecular weight is 316 g/mol. The van der Waals surface area contributed by atoms with Gasteiger partial charge in [-0.2, -0.15) is 4.98 Å². The van der Waals surface area contributed by atoms with Crippen LogP contribution in [0.1, 0.15) is 11.5 Å². The second-order valence-electron chi connectivity index (χ2n) is 6.27. The van der Waals surface area contributed by atoms with Crippen molar-refractivity contribution in [1.29, 1.82) is 0 Å². The van der Waals surface area contributed by atoms with E-state index in [1.54, 1.807) is 13.4 Å². The van der Waals surface area contributed by atoms with Crippen LogP contribution >= 0.6 is 0 Å². The van der Waals surface area contributed by atoms with Crippen molar-refractivity contribution in [2.24, 2.45) is 11.8 Å². The molecule has 0 radical (unpaired) electrons. The largest absolute Gasteiger partial charge is 0.377 e. The summed E-state index contributed by atoms with van der Waals surface area (Å²) in [4.78, 5) is 17.5. The van der Waals surface area contributed by atoms with E-state index in [0.717, 1.165) is 37.7 Å². The van der Waals surface area contributed by atoms with Crippen molar-refractivity contribution in [1.82, 2.24) is 20.1 Å². The molecule has 0 aliphatic carbocycles.